The van der Waals surface area contributed by atoms with Crippen molar-refractivity contribution in [1.82, 2.24) is 4.98 Å². The van der Waals surface area contributed by atoms with Crippen LogP contribution in [0.5, 0.6) is 0 Å². The number of halogens is 1. The zero-order chi connectivity index (χ0) is 8.55. The Morgan fingerprint density at radius 3 is 2.83 bits per heavy atom. The van der Waals surface area contributed by atoms with Crippen molar-refractivity contribution in [2.24, 2.45) is 5.92 Å². The van der Waals surface area contributed by atoms with Gasteiger partial charge >= 0.3 is 0 Å². The number of Topliss-reactive ketones (excluding diaryl/α,β-unsaturated/α-hetero) is 1. The van der Waals surface area contributed by atoms with Crippen molar-refractivity contribution < 1.29 is 4.79 Å². The smallest absolute Gasteiger partial charge is 0.184 e. The number of ketones is 1. The van der Waals surface area contributed by atoms with E-state index in [0.717, 1.165) is 12.8 Å². The molecule has 3 heteroatoms. The predicted octanol–water partition coefficient (Wildman–Crippen LogP) is 2.33. The molecule has 1 aromatic heterocycles. The molecule has 2 nitrogen and oxygen atoms in total. The lowest BCUT2D eigenvalue weighted by atomic mass is 10.2. The summed E-state index contributed by atoms with van der Waals surface area (Å²) in [4.78, 5) is 15.4. The van der Waals surface area contributed by atoms with Gasteiger partial charge in [0, 0.05) is 5.92 Å². The second-order valence-electron chi connectivity index (χ2n) is 2.98. The van der Waals surface area contributed by atoms with Gasteiger partial charge in [-0.2, -0.15) is 0 Å². The normalized spacial score (nSPS) is 16.1. The van der Waals surface area contributed by atoms with E-state index in [1.54, 1.807) is 18.2 Å². The summed E-state index contributed by atoms with van der Waals surface area (Å²) in [5, 5.41) is 0.390. The van der Waals surface area contributed by atoms with Crippen LogP contribution in [-0.2, 0) is 0 Å². The fourth-order valence-electron chi connectivity index (χ4n) is 1.10. The first-order valence-electron chi connectivity index (χ1n) is 3.94. The zero-order valence-electron chi connectivity index (χ0n) is 6.46. The summed E-state index contributed by atoms with van der Waals surface area (Å²) in [7, 11) is 0. The van der Waals surface area contributed by atoms with Crippen LogP contribution in [0, 0.1) is 5.92 Å². The van der Waals surface area contributed by atoms with Crippen LogP contribution in [0.25, 0.3) is 0 Å². The molecule has 62 valence electrons. The Bertz CT molecular complexity index is 320. The highest BCUT2D eigenvalue weighted by Crippen LogP contribution is 2.32. The number of pyridine rings is 1. The molecule has 0 aliphatic heterocycles. The number of rotatable bonds is 2. The van der Waals surface area contributed by atoms with Crippen LogP contribution in [-0.4, -0.2) is 10.8 Å². The van der Waals surface area contributed by atoms with Gasteiger partial charge in [0.1, 0.15) is 10.8 Å². The minimum Gasteiger partial charge on any atom is -0.292 e. The molecule has 1 fully saturated rings. The fraction of sp³-hybridized carbons (Fsp3) is 0.333. The first-order chi connectivity index (χ1) is 5.77. The molecule has 0 amide bonds. The van der Waals surface area contributed by atoms with Crippen molar-refractivity contribution in [3.05, 3.63) is 29.0 Å². The van der Waals surface area contributed by atoms with Crippen LogP contribution < -0.4 is 0 Å². The summed E-state index contributed by atoms with van der Waals surface area (Å²) in [5.74, 6) is 0.355. The standard InChI is InChI=1S/C9H8ClNO/c10-8-3-1-2-7(11-8)9(12)6-4-5-6/h1-3,6H,4-5H2. The van der Waals surface area contributed by atoms with Gasteiger partial charge in [0.2, 0.25) is 0 Å². The van der Waals surface area contributed by atoms with Crippen molar-refractivity contribution in [1.29, 1.82) is 0 Å². The van der Waals surface area contributed by atoms with Gasteiger partial charge in [0.15, 0.2) is 5.78 Å². The zero-order valence-corrected chi connectivity index (χ0v) is 7.21. The average Bonchev–Trinajstić information content (AvgIpc) is 2.85. The highest BCUT2D eigenvalue weighted by Gasteiger charge is 2.31. The van der Waals surface area contributed by atoms with E-state index in [9.17, 15) is 4.79 Å². The van der Waals surface area contributed by atoms with E-state index in [-0.39, 0.29) is 11.7 Å². The maximum Gasteiger partial charge on any atom is 0.184 e. The first kappa shape index (κ1) is 7.74. The van der Waals surface area contributed by atoms with Gasteiger partial charge in [-0.15, -0.1) is 0 Å². The molecule has 0 saturated heterocycles. The summed E-state index contributed by atoms with van der Waals surface area (Å²) in [6.07, 6.45) is 2.01. The summed E-state index contributed by atoms with van der Waals surface area (Å²) >= 11 is 5.65. The minimum atomic E-state index is 0.137. The van der Waals surface area contributed by atoms with Crippen molar-refractivity contribution >= 4 is 17.4 Å². The Morgan fingerprint density at radius 2 is 2.25 bits per heavy atom. The minimum absolute atomic E-state index is 0.137. The Kier molecular flexibility index (Phi) is 1.85. The first-order valence-corrected chi connectivity index (χ1v) is 4.32. The van der Waals surface area contributed by atoms with Crippen molar-refractivity contribution in [2.45, 2.75) is 12.8 Å². The number of hydrogen-bond donors (Lipinski definition) is 0. The molecule has 0 aromatic carbocycles. The Hall–Kier alpha value is -0.890. The van der Waals surface area contributed by atoms with E-state index in [0.29, 0.717) is 10.8 Å². The Labute approximate surface area is 75.6 Å². The van der Waals surface area contributed by atoms with Gasteiger partial charge in [0.25, 0.3) is 0 Å². The van der Waals surface area contributed by atoms with Crippen LogP contribution >= 0.6 is 11.6 Å². The van der Waals surface area contributed by atoms with Crippen molar-refractivity contribution in [3.8, 4) is 0 Å². The molecule has 0 N–H and O–H groups in total. The molecule has 0 atom stereocenters. The molecular formula is C9H8ClNO. The number of nitrogens with zero attached hydrogens (tertiary/aromatic N) is 1. The third-order valence-electron chi connectivity index (χ3n) is 1.92. The van der Waals surface area contributed by atoms with Gasteiger partial charge in [-0.05, 0) is 25.0 Å². The lowest BCUT2D eigenvalue weighted by Gasteiger charge is -1.96. The van der Waals surface area contributed by atoms with E-state index < -0.39 is 0 Å². The van der Waals surface area contributed by atoms with Crippen LogP contribution in [0.1, 0.15) is 23.3 Å². The maximum absolute atomic E-state index is 11.4. The molecule has 1 saturated carbocycles. The predicted molar refractivity (Wildman–Crippen MR) is 46.3 cm³/mol. The van der Waals surface area contributed by atoms with Gasteiger partial charge in [-0.25, -0.2) is 4.98 Å². The lowest BCUT2D eigenvalue weighted by Crippen LogP contribution is -2.03. The second-order valence-corrected chi connectivity index (χ2v) is 3.37. The summed E-state index contributed by atoms with van der Waals surface area (Å²) in [5.41, 5.74) is 0.505. The van der Waals surface area contributed by atoms with Gasteiger partial charge in [-0.3, -0.25) is 4.79 Å². The van der Waals surface area contributed by atoms with Gasteiger partial charge < -0.3 is 0 Å². The Balaban J connectivity index is 2.26. The molecule has 1 heterocycles. The van der Waals surface area contributed by atoms with E-state index in [1.807, 2.05) is 0 Å². The topological polar surface area (TPSA) is 30.0 Å². The third kappa shape index (κ3) is 1.48. The SMILES string of the molecule is O=C(c1cccc(Cl)n1)C1CC1. The second kappa shape index (κ2) is 2.87. The van der Waals surface area contributed by atoms with E-state index in [1.165, 1.54) is 0 Å². The number of aromatic nitrogens is 1. The van der Waals surface area contributed by atoms with Crippen molar-refractivity contribution in [3.63, 3.8) is 0 Å². The van der Waals surface area contributed by atoms with Gasteiger partial charge in [-0.1, -0.05) is 17.7 Å². The number of hydrogen-bond acceptors (Lipinski definition) is 2. The Morgan fingerprint density at radius 1 is 1.50 bits per heavy atom. The molecule has 1 aliphatic carbocycles. The molecule has 0 bridgehead atoms. The van der Waals surface area contributed by atoms with Crippen LogP contribution in [0.3, 0.4) is 0 Å². The molecule has 0 radical (unpaired) electrons. The lowest BCUT2D eigenvalue weighted by molar-refractivity contribution is 0.0963. The highest BCUT2D eigenvalue weighted by atomic mass is 35.5. The molecule has 0 spiro atoms. The monoisotopic (exact) mass is 181 g/mol. The summed E-state index contributed by atoms with van der Waals surface area (Å²) in [6.45, 7) is 0. The molecule has 2 rings (SSSR count). The maximum atomic E-state index is 11.4. The van der Waals surface area contributed by atoms with E-state index in [4.69, 9.17) is 11.6 Å². The molecule has 12 heavy (non-hydrogen) atoms. The van der Waals surface area contributed by atoms with Crippen LogP contribution in [0.15, 0.2) is 18.2 Å². The summed E-state index contributed by atoms with van der Waals surface area (Å²) < 4.78 is 0. The number of carbonyl (C=O) groups is 1. The molecular weight excluding hydrogens is 174 g/mol. The van der Waals surface area contributed by atoms with Crippen LogP contribution in [0.2, 0.25) is 5.15 Å². The number of carbonyl (C=O) groups excluding carboxylic acids is 1. The molecule has 1 aromatic rings. The summed E-state index contributed by atoms with van der Waals surface area (Å²) in [6, 6.07) is 5.14. The quantitative estimate of drug-likeness (QED) is 0.518. The van der Waals surface area contributed by atoms with Crippen LogP contribution in [0.4, 0.5) is 0 Å². The molecule has 0 unspecified atom stereocenters. The van der Waals surface area contributed by atoms with E-state index >= 15 is 0 Å². The molecule has 1 aliphatic rings. The van der Waals surface area contributed by atoms with E-state index in [2.05, 4.69) is 4.98 Å². The largest absolute Gasteiger partial charge is 0.292 e. The van der Waals surface area contributed by atoms with Crippen molar-refractivity contribution in [2.75, 3.05) is 0 Å². The third-order valence-corrected chi connectivity index (χ3v) is 2.13. The average molecular weight is 182 g/mol. The highest BCUT2D eigenvalue weighted by molar-refractivity contribution is 6.29. The fourth-order valence-corrected chi connectivity index (χ4v) is 1.26. The van der Waals surface area contributed by atoms with Gasteiger partial charge in [0.05, 0.1) is 0 Å².